The molecule has 1 aliphatic heterocycles. The molecular formula is C21H17NOS. The Labute approximate surface area is 145 Å². The number of carbonyl (C=O) groups excluding carboxylic acids is 1. The fraction of sp³-hybridized carbons (Fsp3) is 0.0952. The molecule has 0 saturated heterocycles. The van der Waals surface area contributed by atoms with Gasteiger partial charge in [-0.3, -0.25) is 4.79 Å². The maximum absolute atomic E-state index is 12.9. The first kappa shape index (κ1) is 15.0. The molecule has 4 rings (SSSR count). The van der Waals surface area contributed by atoms with Crippen LogP contribution in [-0.2, 0) is 0 Å². The van der Waals surface area contributed by atoms with Crippen LogP contribution in [0.3, 0.4) is 0 Å². The minimum atomic E-state index is 0.128. The number of rotatable bonds is 2. The van der Waals surface area contributed by atoms with Crippen molar-refractivity contribution in [2.24, 2.45) is 0 Å². The predicted octanol–water partition coefficient (Wildman–Crippen LogP) is 5.24. The molecule has 0 aliphatic carbocycles. The van der Waals surface area contributed by atoms with E-state index >= 15 is 0 Å². The Morgan fingerprint density at radius 3 is 2.42 bits per heavy atom. The summed E-state index contributed by atoms with van der Waals surface area (Å²) in [4.78, 5) is 16.8. The molecule has 0 aromatic heterocycles. The summed E-state index contributed by atoms with van der Waals surface area (Å²) in [6.07, 6.45) is 1.99. The molecule has 0 bridgehead atoms. The van der Waals surface area contributed by atoms with E-state index in [0.29, 0.717) is 0 Å². The summed E-state index contributed by atoms with van der Waals surface area (Å²) >= 11 is 1.57. The van der Waals surface area contributed by atoms with Crippen molar-refractivity contribution in [2.75, 3.05) is 19.0 Å². The Morgan fingerprint density at radius 1 is 0.917 bits per heavy atom. The van der Waals surface area contributed by atoms with E-state index in [-0.39, 0.29) is 5.78 Å². The van der Waals surface area contributed by atoms with Gasteiger partial charge in [-0.05, 0) is 40.6 Å². The third-order valence-electron chi connectivity index (χ3n) is 4.27. The summed E-state index contributed by atoms with van der Waals surface area (Å²) in [6, 6.07) is 20.5. The van der Waals surface area contributed by atoms with E-state index in [9.17, 15) is 4.79 Å². The van der Waals surface area contributed by atoms with Crippen molar-refractivity contribution in [3.05, 3.63) is 76.7 Å². The van der Waals surface area contributed by atoms with E-state index in [1.165, 1.54) is 0 Å². The molecule has 3 aromatic rings. The van der Waals surface area contributed by atoms with Crippen LogP contribution in [0.15, 0.2) is 70.5 Å². The van der Waals surface area contributed by atoms with Gasteiger partial charge in [-0.15, -0.1) is 0 Å². The highest BCUT2D eigenvalue weighted by Crippen LogP contribution is 2.43. The molecule has 0 unspecified atom stereocenters. The first-order valence-corrected chi connectivity index (χ1v) is 8.68. The fourth-order valence-electron chi connectivity index (χ4n) is 2.97. The van der Waals surface area contributed by atoms with Crippen LogP contribution in [0, 0.1) is 0 Å². The summed E-state index contributed by atoms with van der Waals surface area (Å²) in [6.45, 7) is 0. The first-order valence-electron chi connectivity index (χ1n) is 7.87. The zero-order valence-electron chi connectivity index (χ0n) is 13.6. The molecule has 24 heavy (non-hydrogen) atoms. The Balaban J connectivity index is 1.73. The molecule has 0 amide bonds. The van der Waals surface area contributed by atoms with Crippen LogP contribution in [0.2, 0.25) is 0 Å². The second kappa shape index (κ2) is 5.84. The van der Waals surface area contributed by atoms with Gasteiger partial charge in [0.05, 0.1) is 4.91 Å². The quantitative estimate of drug-likeness (QED) is 0.599. The van der Waals surface area contributed by atoms with E-state index in [4.69, 9.17) is 0 Å². The number of fused-ring (bicyclic) bond motifs is 3. The highest BCUT2D eigenvalue weighted by molar-refractivity contribution is 8.04. The maximum Gasteiger partial charge on any atom is 0.201 e. The van der Waals surface area contributed by atoms with Crippen LogP contribution in [0.4, 0.5) is 5.69 Å². The molecule has 3 aromatic carbocycles. The second-order valence-corrected chi connectivity index (χ2v) is 7.17. The van der Waals surface area contributed by atoms with E-state index in [2.05, 4.69) is 47.4 Å². The van der Waals surface area contributed by atoms with Crippen LogP contribution < -0.4 is 4.90 Å². The number of thioether (sulfide) groups is 1. The van der Waals surface area contributed by atoms with Crippen LogP contribution >= 0.6 is 11.8 Å². The summed E-state index contributed by atoms with van der Waals surface area (Å²) in [5.74, 6) is 0.128. The normalized spacial score (nSPS) is 15.1. The fourth-order valence-corrected chi connectivity index (χ4v) is 4.04. The first-order chi connectivity index (χ1) is 11.6. The average Bonchev–Trinajstić information content (AvgIpc) is 2.92. The van der Waals surface area contributed by atoms with Gasteiger partial charge in [-0.1, -0.05) is 54.2 Å². The molecule has 0 spiro atoms. The molecule has 3 heteroatoms. The average molecular weight is 331 g/mol. The van der Waals surface area contributed by atoms with Crippen molar-refractivity contribution in [3.63, 3.8) is 0 Å². The van der Waals surface area contributed by atoms with Gasteiger partial charge in [0.1, 0.15) is 0 Å². The molecular weight excluding hydrogens is 314 g/mol. The largest absolute Gasteiger partial charge is 0.378 e. The van der Waals surface area contributed by atoms with Crippen molar-refractivity contribution in [2.45, 2.75) is 4.90 Å². The molecule has 0 saturated carbocycles. The number of benzene rings is 3. The summed E-state index contributed by atoms with van der Waals surface area (Å²) in [5.41, 5.74) is 3.04. The summed E-state index contributed by atoms with van der Waals surface area (Å²) in [7, 11) is 4.04. The molecule has 1 aliphatic rings. The SMILES string of the molecule is CN(C)c1ccc(/C=C2\Sc3ccc4ccccc4c3C2=O)cc1. The smallest absolute Gasteiger partial charge is 0.201 e. The van der Waals surface area contributed by atoms with Crippen molar-refractivity contribution in [3.8, 4) is 0 Å². The maximum atomic E-state index is 12.9. The molecule has 0 atom stereocenters. The number of carbonyl (C=O) groups is 1. The van der Waals surface area contributed by atoms with Crippen molar-refractivity contribution in [1.29, 1.82) is 0 Å². The van der Waals surface area contributed by atoms with Crippen LogP contribution in [0.25, 0.3) is 16.8 Å². The van der Waals surface area contributed by atoms with Crippen molar-refractivity contribution >= 4 is 40.1 Å². The van der Waals surface area contributed by atoms with Gasteiger partial charge in [0, 0.05) is 30.2 Å². The minimum Gasteiger partial charge on any atom is -0.378 e. The van der Waals surface area contributed by atoms with Gasteiger partial charge in [0.25, 0.3) is 0 Å². The van der Waals surface area contributed by atoms with E-state index < -0.39 is 0 Å². The van der Waals surface area contributed by atoms with E-state index in [0.717, 1.165) is 37.4 Å². The molecule has 2 nitrogen and oxygen atoms in total. The third-order valence-corrected chi connectivity index (χ3v) is 5.35. The lowest BCUT2D eigenvalue weighted by molar-refractivity contribution is 0.104. The Morgan fingerprint density at radius 2 is 1.67 bits per heavy atom. The van der Waals surface area contributed by atoms with E-state index in [1.807, 2.05) is 38.4 Å². The Hall–Kier alpha value is -2.52. The summed E-state index contributed by atoms with van der Waals surface area (Å²) in [5, 5.41) is 2.15. The molecule has 0 N–H and O–H groups in total. The number of ketones is 1. The van der Waals surface area contributed by atoms with Crippen LogP contribution in [0.5, 0.6) is 0 Å². The van der Waals surface area contributed by atoms with E-state index in [1.54, 1.807) is 11.8 Å². The van der Waals surface area contributed by atoms with Crippen molar-refractivity contribution < 1.29 is 4.79 Å². The molecule has 0 fully saturated rings. The number of Topliss-reactive ketones (excluding diaryl/α,β-unsaturated/α-hetero) is 1. The lowest BCUT2D eigenvalue weighted by Crippen LogP contribution is -2.07. The van der Waals surface area contributed by atoms with Gasteiger partial charge in [0.15, 0.2) is 0 Å². The topological polar surface area (TPSA) is 20.3 Å². The van der Waals surface area contributed by atoms with Gasteiger partial charge in [-0.2, -0.15) is 0 Å². The van der Waals surface area contributed by atoms with Gasteiger partial charge >= 0.3 is 0 Å². The monoisotopic (exact) mass is 331 g/mol. The number of hydrogen-bond donors (Lipinski definition) is 0. The van der Waals surface area contributed by atoms with Gasteiger partial charge in [-0.25, -0.2) is 0 Å². The van der Waals surface area contributed by atoms with Crippen LogP contribution in [0.1, 0.15) is 15.9 Å². The Bertz CT molecular complexity index is 971. The Kier molecular flexibility index (Phi) is 3.66. The lowest BCUT2D eigenvalue weighted by atomic mass is 10.0. The minimum absolute atomic E-state index is 0.128. The zero-order chi connectivity index (χ0) is 16.7. The highest BCUT2D eigenvalue weighted by atomic mass is 32.2. The highest BCUT2D eigenvalue weighted by Gasteiger charge is 2.27. The van der Waals surface area contributed by atoms with Gasteiger partial charge in [0.2, 0.25) is 5.78 Å². The van der Waals surface area contributed by atoms with Gasteiger partial charge < -0.3 is 4.90 Å². The molecule has 1 heterocycles. The number of hydrogen-bond acceptors (Lipinski definition) is 3. The predicted molar refractivity (Wildman–Crippen MR) is 103 cm³/mol. The standard InChI is InChI=1S/C21H17NOS/c1-22(2)16-10-7-14(8-11-16)13-19-21(23)20-17-6-4-3-5-15(17)9-12-18(20)24-19/h3-13H,1-2H3/b19-13-. The molecule has 118 valence electrons. The lowest BCUT2D eigenvalue weighted by Gasteiger charge is -2.11. The second-order valence-electron chi connectivity index (χ2n) is 6.09. The number of allylic oxidation sites excluding steroid dienone is 1. The van der Waals surface area contributed by atoms with Crippen molar-refractivity contribution in [1.82, 2.24) is 0 Å². The van der Waals surface area contributed by atoms with Crippen LogP contribution in [-0.4, -0.2) is 19.9 Å². The summed E-state index contributed by atoms with van der Waals surface area (Å²) < 4.78 is 0. The number of nitrogens with zero attached hydrogens (tertiary/aromatic N) is 1. The number of anilines is 1. The zero-order valence-corrected chi connectivity index (χ0v) is 14.4. The third kappa shape index (κ3) is 2.51. The molecule has 0 radical (unpaired) electrons.